The van der Waals surface area contributed by atoms with Crippen LogP contribution >= 0.6 is 0 Å². The molecule has 0 atom stereocenters. The fourth-order valence-electron chi connectivity index (χ4n) is 3.66. The summed E-state index contributed by atoms with van der Waals surface area (Å²) in [4.78, 5) is 25.8. The third-order valence-electron chi connectivity index (χ3n) is 5.26. The molecule has 1 heterocycles. The first-order chi connectivity index (χ1) is 14.5. The fraction of sp³-hybridized carbons (Fsp3) is 0.154. The molecule has 0 saturated heterocycles. The molecule has 0 aliphatic carbocycles. The minimum atomic E-state index is -0.244. The molecule has 0 radical (unpaired) electrons. The van der Waals surface area contributed by atoms with Crippen LogP contribution in [0.4, 0.5) is 0 Å². The summed E-state index contributed by atoms with van der Waals surface area (Å²) in [6.45, 7) is 4.94. The minimum absolute atomic E-state index is 0.185. The van der Waals surface area contributed by atoms with E-state index in [1.165, 1.54) is 11.6 Å². The molecule has 4 nitrogen and oxygen atoms in total. The summed E-state index contributed by atoms with van der Waals surface area (Å²) in [7, 11) is 0. The summed E-state index contributed by atoms with van der Waals surface area (Å²) in [5.41, 5.74) is 5.38. The van der Waals surface area contributed by atoms with Crippen molar-refractivity contribution < 1.29 is 4.79 Å². The van der Waals surface area contributed by atoms with E-state index in [0.29, 0.717) is 18.7 Å². The Morgan fingerprint density at radius 3 is 2.37 bits per heavy atom. The summed E-state index contributed by atoms with van der Waals surface area (Å²) in [5, 5.41) is 3.71. The zero-order valence-electron chi connectivity index (χ0n) is 17.2. The topological polar surface area (TPSA) is 51.1 Å². The molecule has 0 aliphatic rings. The van der Waals surface area contributed by atoms with Crippen LogP contribution in [0.5, 0.6) is 0 Å². The number of aryl methyl sites for hydroxylation is 2. The van der Waals surface area contributed by atoms with Gasteiger partial charge in [0.05, 0.1) is 17.6 Å². The van der Waals surface area contributed by atoms with Crippen molar-refractivity contribution in [3.05, 3.63) is 117 Å². The molecule has 3 aromatic carbocycles. The first kappa shape index (κ1) is 19.6. The van der Waals surface area contributed by atoms with Gasteiger partial charge >= 0.3 is 0 Å². The Hall–Kier alpha value is -3.66. The molecular formula is C26H24N2O2. The molecule has 1 aromatic heterocycles. The summed E-state index contributed by atoms with van der Waals surface area (Å²) in [6.07, 6.45) is 0. The SMILES string of the molecule is Cc1ccc(CNC(=O)c2cc(=O)n(Cc3cccc(C)c3)c3ccccc23)cc1. The third-order valence-corrected chi connectivity index (χ3v) is 5.26. The van der Waals surface area contributed by atoms with E-state index in [9.17, 15) is 9.59 Å². The van der Waals surface area contributed by atoms with Gasteiger partial charge in [0.1, 0.15) is 0 Å². The van der Waals surface area contributed by atoms with E-state index in [1.54, 1.807) is 4.57 Å². The van der Waals surface area contributed by atoms with Crippen LogP contribution in [0.2, 0.25) is 0 Å². The molecule has 0 spiro atoms. The van der Waals surface area contributed by atoms with E-state index in [4.69, 9.17) is 0 Å². The Morgan fingerprint density at radius 2 is 1.60 bits per heavy atom. The van der Waals surface area contributed by atoms with Crippen molar-refractivity contribution in [1.29, 1.82) is 0 Å². The maximum atomic E-state index is 12.9. The zero-order chi connectivity index (χ0) is 21.1. The zero-order valence-corrected chi connectivity index (χ0v) is 17.2. The summed E-state index contributed by atoms with van der Waals surface area (Å²) < 4.78 is 1.72. The number of para-hydroxylation sites is 1. The predicted octanol–water partition coefficient (Wildman–Crippen LogP) is 4.60. The number of nitrogens with one attached hydrogen (secondary N) is 1. The fourth-order valence-corrected chi connectivity index (χ4v) is 3.66. The second kappa shape index (κ2) is 8.37. The highest BCUT2D eigenvalue weighted by Gasteiger charge is 2.15. The van der Waals surface area contributed by atoms with Crippen molar-refractivity contribution in [3.63, 3.8) is 0 Å². The molecule has 4 rings (SSSR count). The second-order valence-corrected chi connectivity index (χ2v) is 7.66. The Balaban J connectivity index is 1.67. The first-order valence-electron chi connectivity index (χ1n) is 10.0. The number of benzene rings is 3. The van der Waals surface area contributed by atoms with E-state index in [1.807, 2.05) is 80.6 Å². The molecule has 1 amide bonds. The van der Waals surface area contributed by atoms with Gasteiger partial charge in [-0.25, -0.2) is 0 Å². The van der Waals surface area contributed by atoms with Crippen LogP contribution in [0.15, 0.2) is 83.7 Å². The number of amides is 1. The lowest BCUT2D eigenvalue weighted by atomic mass is 10.1. The standard InChI is InChI=1S/C26H24N2O2/c1-18-10-12-20(13-11-18)16-27-26(30)23-15-25(29)28(24-9-4-3-8-22(23)24)17-21-7-5-6-19(2)14-21/h3-15H,16-17H2,1-2H3,(H,27,30). The monoisotopic (exact) mass is 396 g/mol. The van der Waals surface area contributed by atoms with Gasteiger partial charge in [0.25, 0.3) is 11.5 Å². The number of carbonyl (C=O) groups is 1. The summed E-state index contributed by atoms with van der Waals surface area (Å²) in [5.74, 6) is -0.244. The van der Waals surface area contributed by atoms with E-state index in [2.05, 4.69) is 11.4 Å². The largest absolute Gasteiger partial charge is 0.348 e. The average Bonchev–Trinajstić information content (AvgIpc) is 2.75. The average molecular weight is 396 g/mol. The molecule has 150 valence electrons. The normalized spacial score (nSPS) is 10.9. The van der Waals surface area contributed by atoms with Gasteiger partial charge in [-0.1, -0.05) is 77.9 Å². The van der Waals surface area contributed by atoms with Gasteiger partial charge in [0.15, 0.2) is 0 Å². The highest BCUT2D eigenvalue weighted by atomic mass is 16.2. The minimum Gasteiger partial charge on any atom is -0.348 e. The molecule has 0 unspecified atom stereocenters. The van der Waals surface area contributed by atoms with Crippen molar-refractivity contribution >= 4 is 16.8 Å². The Labute approximate surface area is 175 Å². The number of hydrogen-bond donors (Lipinski definition) is 1. The molecule has 30 heavy (non-hydrogen) atoms. The molecular weight excluding hydrogens is 372 g/mol. The van der Waals surface area contributed by atoms with Crippen LogP contribution in [-0.2, 0) is 13.1 Å². The van der Waals surface area contributed by atoms with Gasteiger partial charge in [0.2, 0.25) is 0 Å². The molecule has 4 aromatic rings. The van der Waals surface area contributed by atoms with E-state index in [0.717, 1.165) is 27.6 Å². The van der Waals surface area contributed by atoms with E-state index in [-0.39, 0.29) is 11.5 Å². The molecule has 4 heteroatoms. The smallest absolute Gasteiger partial charge is 0.252 e. The number of pyridine rings is 1. The number of carbonyl (C=O) groups excluding carboxylic acids is 1. The Morgan fingerprint density at radius 1 is 0.833 bits per heavy atom. The first-order valence-corrected chi connectivity index (χ1v) is 10.0. The highest BCUT2D eigenvalue weighted by Crippen LogP contribution is 2.18. The van der Waals surface area contributed by atoms with Crippen LogP contribution in [-0.4, -0.2) is 10.5 Å². The van der Waals surface area contributed by atoms with Gasteiger partial charge in [-0.2, -0.15) is 0 Å². The lowest BCUT2D eigenvalue weighted by Gasteiger charge is -2.14. The number of aromatic nitrogens is 1. The van der Waals surface area contributed by atoms with E-state index < -0.39 is 0 Å². The van der Waals surface area contributed by atoms with Gasteiger partial charge in [-0.05, 0) is 31.0 Å². The quantitative estimate of drug-likeness (QED) is 0.536. The Kier molecular flexibility index (Phi) is 5.48. The van der Waals surface area contributed by atoms with Crippen LogP contribution in [0.3, 0.4) is 0 Å². The van der Waals surface area contributed by atoms with Crippen molar-refractivity contribution in [2.24, 2.45) is 0 Å². The van der Waals surface area contributed by atoms with Gasteiger partial charge < -0.3 is 9.88 Å². The number of nitrogens with zero attached hydrogens (tertiary/aromatic N) is 1. The van der Waals surface area contributed by atoms with Crippen LogP contribution in [0.1, 0.15) is 32.6 Å². The molecule has 0 saturated carbocycles. The van der Waals surface area contributed by atoms with Gasteiger partial charge in [0, 0.05) is 18.0 Å². The van der Waals surface area contributed by atoms with Gasteiger partial charge in [-0.15, -0.1) is 0 Å². The molecule has 0 bridgehead atoms. The lowest BCUT2D eigenvalue weighted by Crippen LogP contribution is -2.27. The maximum absolute atomic E-state index is 12.9. The van der Waals surface area contributed by atoms with E-state index >= 15 is 0 Å². The van der Waals surface area contributed by atoms with Crippen molar-refractivity contribution in [3.8, 4) is 0 Å². The summed E-state index contributed by atoms with van der Waals surface area (Å²) in [6, 6.07) is 25.1. The lowest BCUT2D eigenvalue weighted by molar-refractivity contribution is 0.0952. The number of fused-ring (bicyclic) bond motifs is 1. The third kappa shape index (κ3) is 4.18. The highest BCUT2D eigenvalue weighted by molar-refractivity contribution is 6.06. The van der Waals surface area contributed by atoms with Gasteiger partial charge in [-0.3, -0.25) is 9.59 Å². The molecule has 0 aliphatic heterocycles. The Bertz CT molecular complexity index is 1270. The van der Waals surface area contributed by atoms with Crippen molar-refractivity contribution in [2.45, 2.75) is 26.9 Å². The molecule has 0 fully saturated rings. The maximum Gasteiger partial charge on any atom is 0.252 e. The number of rotatable bonds is 5. The van der Waals surface area contributed by atoms with Crippen molar-refractivity contribution in [2.75, 3.05) is 0 Å². The van der Waals surface area contributed by atoms with Crippen molar-refractivity contribution in [1.82, 2.24) is 9.88 Å². The van der Waals surface area contributed by atoms with Crippen LogP contribution < -0.4 is 10.9 Å². The number of hydrogen-bond acceptors (Lipinski definition) is 2. The summed E-state index contributed by atoms with van der Waals surface area (Å²) >= 11 is 0. The second-order valence-electron chi connectivity index (χ2n) is 7.66. The van der Waals surface area contributed by atoms with Crippen LogP contribution in [0, 0.1) is 13.8 Å². The van der Waals surface area contributed by atoms with Crippen LogP contribution in [0.25, 0.3) is 10.9 Å². The molecule has 1 N–H and O–H groups in total. The predicted molar refractivity (Wildman–Crippen MR) is 121 cm³/mol.